The highest BCUT2D eigenvalue weighted by molar-refractivity contribution is 5.96. The maximum atomic E-state index is 12.9. The Kier molecular flexibility index (Phi) is 5.71. The second kappa shape index (κ2) is 8.35. The maximum Gasteiger partial charge on any atom is 0.374 e. The highest BCUT2D eigenvalue weighted by Crippen LogP contribution is 2.27. The van der Waals surface area contributed by atoms with Gasteiger partial charge in [-0.2, -0.15) is 0 Å². The van der Waals surface area contributed by atoms with Gasteiger partial charge in [0, 0.05) is 5.39 Å². The average molecular weight is 372 g/mol. The van der Waals surface area contributed by atoms with Crippen molar-refractivity contribution < 1.29 is 32.6 Å². The number of fused-ring (bicyclic) bond motifs is 1. The lowest BCUT2D eigenvalue weighted by Crippen LogP contribution is -2.15. The van der Waals surface area contributed by atoms with Crippen LogP contribution in [0.1, 0.15) is 23.0 Å². The van der Waals surface area contributed by atoms with Crippen LogP contribution in [0.2, 0.25) is 0 Å². The molecular formula is C20H17FO6. The van der Waals surface area contributed by atoms with Gasteiger partial charge in [0.05, 0.1) is 12.2 Å². The van der Waals surface area contributed by atoms with Crippen LogP contribution in [0.4, 0.5) is 4.39 Å². The summed E-state index contributed by atoms with van der Waals surface area (Å²) in [7, 11) is 0. The van der Waals surface area contributed by atoms with E-state index in [-0.39, 0.29) is 25.6 Å². The molecular weight excluding hydrogens is 355 g/mol. The third-order valence-electron chi connectivity index (χ3n) is 3.71. The highest BCUT2D eigenvalue weighted by atomic mass is 19.1. The van der Waals surface area contributed by atoms with Gasteiger partial charge in [0.25, 0.3) is 0 Å². The van der Waals surface area contributed by atoms with E-state index in [0.717, 1.165) is 0 Å². The van der Waals surface area contributed by atoms with Crippen LogP contribution in [-0.2, 0) is 20.9 Å². The van der Waals surface area contributed by atoms with Gasteiger partial charge in [-0.15, -0.1) is 0 Å². The van der Waals surface area contributed by atoms with Crippen LogP contribution in [0.5, 0.6) is 5.75 Å². The van der Waals surface area contributed by atoms with E-state index in [1.807, 2.05) is 0 Å². The first-order chi connectivity index (χ1) is 13.1. The Morgan fingerprint density at radius 3 is 2.52 bits per heavy atom. The predicted molar refractivity (Wildman–Crippen MR) is 93.9 cm³/mol. The van der Waals surface area contributed by atoms with Gasteiger partial charge in [0.1, 0.15) is 23.8 Å². The van der Waals surface area contributed by atoms with Gasteiger partial charge in [0.15, 0.2) is 6.61 Å². The predicted octanol–water partition coefficient (Wildman–Crippen LogP) is 3.87. The number of carbonyl (C=O) groups is 2. The maximum absolute atomic E-state index is 12.9. The Balaban J connectivity index is 1.68. The fourth-order valence-corrected chi connectivity index (χ4v) is 2.47. The molecule has 0 spiro atoms. The van der Waals surface area contributed by atoms with Crippen molar-refractivity contribution >= 4 is 22.9 Å². The molecule has 3 aromatic rings. The molecule has 0 radical (unpaired) electrons. The van der Waals surface area contributed by atoms with E-state index in [9.17, 15) is 14.0 Å². The lowest BCUT2D eigenvalue weighted by molar-refractivity contribution is -0.147. The van der Waals surface area contributed by atoms with Crippen LogP contribution >= 0.6 is 0 Å². The van der Waals surface area contributed by atoms with E-state index in [1.54, 1.807) is 31.2 Å². The Bertz CT molecular complexity index is 945. The SMILES string of the molecule is CCOC(=O)c1oc2ccccc2c1COC(=O)COc1ccc(F)cc1. The van der Waals surface area contributed by atoms with Gasteiger partial charge in [0.2, 0.25) is 5.76 Å². The van der Waals surface area contributed by atoms with Crippen molar-refractivity contribution in [1.82, 2.24) is 0 Å². The molecule has 0 atom stereocenters. The standard InChI is InChI=1S/C20H17FO6/c1-2-24-20(23)19-16(15-5-3-4-6-17(15)27-19)11-26-18(22)12-25-14-9-7-13(21)8-10-14/h3-10H,2,11-12H2,1H3. The second-order valence-corrected chi connectivity index (χ2v) is 5.53. The molecule has 0 saturated heterocycles. The first kappa shape index (κ1) is 18.4. The van der Waals surface area contributed by atoms with E-state index in [4.69, 9.17) is 18.6 Å². The van der Waals surface area contributed by atoms with E-state index >= 15 is 0 Å². The summed E-state index contributed by atoms with van der Waals surface area (Å²) in [6.45, 7) is 1.36. The minimum absolute atomic E-state index is 0.00491. The zero-order valence-electron chi connectivity index (χ0n) is 14.6. The van der Waals surface area contributed by atoms with Crippen LogP contribution in [0, 0.1) is 5.82 Å². The van der Waals surface area contributed by atoms with E-state index in [2.05, 4.69) is 0 Å². The first-order valence-corrected chi connectivity index (χ1v) is 8.30. The minimum atomic E-state index is -0.639. The smallest absolute Gasteiger partial charge is 0.374 e. The molecule has 1 aromatic heterocycles. The summed E-state index contributed by atoms with van der Waals surface area (Å²) in [6.07, 6.45) is 0. The molecule has 0 aliphatic rings. The van der Waals surface area contributed by atoms with Gasteiger partial charge in [-0.25, -0.2) is 14.0 Å². The summed E-state index contributed by atoms with van der Waals surface area (Å²) in [5, 5.41) is 0.660. The fraction of sp³-hybridized carbons (Fsp3) is 0.200. The number of rotatable bonds is 7. The van der Waals surface area contributed by atoms with Crippen LogP contribution in [-0.4, -0.2) is 25.2 Å². The minimum Gasteiger partial charge on any atom is -0.482 e. The van der Waals surface area contributed by atoms with Gasteiger partial charge in [-0.05, 0) is 37.3 Å². The Hall–Kier alpha value is -3.35. The molecule has 6 nitrogen and oxygen atoms in total. The van der Waals surface area contributed by atoms with Crippen molar-refractivity contribution in [3.8, 4) is 5.75 Å². The quantitative estimate of drug-likeness (QED) is 0.586. The molecule has 0 aliphatic carbocycles. The van der Waals surface area contributed by atoms with Crippen LogP contribution < -0.4 is 4.74 Å². The van der Waals surface area contributed by atoms with E-state index in [1.165, 1.54) is 24.3 Å². The number of halogens is 1. The third-order valence-corrected chi connectivity index (χ3v) is 3.71. The summed E-state index contributed by atoms with van der Waals surface area (Å²) < 4.78 is 33.8. The van der Waals surface area contributed by atoms with Gasteiger partial charge < -0.3 is 18.6 Å². The molecule has 0 fully saturated rings. The van der Waals surface area contributed by atoms with Crippen molar-refractivity contribution in [2.24, 2.45) is 0 Å². The van der Waals surface area contributed by atoms with Crippen molar-refractivity contribution in [2.45, 2.75) is 13.5 Å². The molecule has 1 heterocycles. The van der Waals surface area contributed by atoms with Crippen molar-refractivity contribution in [3.05, 3.63) is 65.7 Å². The first-order valence-electron chi connectivity index (χ1n) is 8.30. The van der Waals surface area contributed by atoms with Crippen molar-refractivity contribution in [3.63, 3.8) is 0 Å². The number of para-hydroxylation sites is 1. The molecule has 0 bridgehead atoms. The summed E-state index contributed by atoms with van der Waals surface area (Å²) in [5.74, 6) is -1.32. The topological polar surface area (TPSA) is 75.0 Å². The summed E-state index contributed by atoms with van der Waals surface area (Å²) >= 11 is 0. The summed E-state index contributed by atoms with van der Waals surface area (Å²) in [5.41, 5.74) is 0.924. The number of ether oxygens (including phenoxy) is 3. The molecule has 0 unspecified atom stereocenters. The number of esters is 2. The largest absolute Gasteiger partial charge is 0.482 e. The number of furan rings is 1. The van der Waals surface area contributed by atoms with Gasteiger partial charge >= 0.3 is 11.9 Å². The molecule has 0 amide bonds. The normalized spacial score (nSPS) is 10.6. The van der Waals surface area contributed by atoms with E-state index < -0.39 is 17.8 Å². The lowest BCUT2D eigenvalue weighted by Gasteiger charge is -2.07. The average Bonchev–Trinajstić information content (AvgIpc) is 3.05. The summed E-state index contributed by atoms with van der Waals surface area (Å²) in [6, 6.07) is 12.3. The second-order valence-electron chi connectivity index (χ2n) is 5.53. The van der Waals surface area contributed by atoms with E-state index in [0.29, 0.717) is 22.3 Å². The number of hydrogen-bond acceptors (Lipinski definition) is 6. The fourth-order valence-electron chi connectivity index (χ4n) is 2.47. The Morgan fingerprint density at radius 2 is 1.78 bits per heavy atom. The van der Waals surface area contributed by atoms with Gasteiger partial charge in [-0.3, -0.25) is 0 Å². The lowest BCUT2D eigenvalue weighted by atomic mass is 10.1. The number of hydrogen-bond donors (Lipinski definition) is 0. The third kappa shape index (κ3) is 4.44. The molecule has 2 aromatic carbocycles. The molecule has 0 N–H and O–H groups in total. The van der Waals surface area contributed by atoms with Crippen LogP contribution in [0.25, 0.3) is 11.0 Å². The van der Waals surface area contributed by atoms with Crippen molar-refractivity contribution in [2.75, 3.05) is 13.2 Å². The Morgan fingerprint density at radius 1 is 1.04 bits per heavy atom. The van der Waals surface area contributed by atoms with Crippen LogP contribution in [0.15, 0.2) is 52.9 Å². The molecule has 140 valence electrons. The number of carbonyl (C=O) groups excluding carboxylic acids is 2. The van der Waals surface area contributed by atoms with Crippen LogP contribution in [0.3, 0.4) is 0 Å². The molecule has 0 saturated carbocycles. The van der Waals surface area contributed by atoms with Crippen molar-refractivity contribution in [1.29, 1.82) is 0 Å². The Labute approximate surface area is 154 Å². The van der Waals surface area contributed by atoms with Gasteiger partial charge in [-0.1, -0.05) is 18.2 Å². The molecule has 7 heteroatoms. The highest BCUT2D eigenvalue weighted by Gasteiger charge is 2.22. The monoisotopic (exact) mass is 372 g/mol. The molecule has 3 rings (SSSR count). The molecule has 27 heavy (non-hydrogen) atoms. The molecule has 0 aliphatic heterocycles. The number of benzene rings is 2. The summed E-state index contributed by atoms with van der Waals surface area (Å²) in [4.78, 5) is 24.1. The zero-order valence-corrected chi connectivity index (χ0v) is 14.6. The zero-order chi connectivity index (χ0) is 19.2.